The highest BCUT2D eigenvalue weighted by molar-refractivity contribution is 7.12. The molecule has 1 atom stereocenters. The third-order valence-electron chi connectivity index (χ3n) is 6.61. The first kappa shape index (κ1) is 17.1. The fourth-order valence-electron chi connectivity index (χ4n) is 5.94. The minimum Gasteiger partial charge on any atom is -0.354 e. The Bertz CT molecular complexity index is 605. The van der Waals surface area contributed by atoms with Crippen molar-refractivity contribution in [2.24, 2.45) is 23.2 Å². The quantitative estimate of drug-likeness (QED) is 0.814. The van der Waals surface area contributed by atoms with Gasteiger partial charge in [-0.25, -0.2) is 0 Å². The Kier molecular flexibility index (Phi) is 4.61. The van der Waals surface area contributed by atoms with Gasteiger partial charge < -0.3 is 10.6 Å². The lowest BCUT2D eigenvalue weighted by molar-refractivity contribution is -0.123. The number of hydrogen-bond acceptors (Lipinski definition) is 3. The molecule has 4 fully saturated rings. The highest BCUT2D eigenvalue weighted by atomic mass is 32.1. The fraction of sp³-hybridized carbons (Fsp3) is 0.700. The van der Waals surface area contributed by atoms with Crippen molar-refractivity contribution in [3.8, 4) is 0 Å². The van der Waals surface area contributed by atoms with Gasteiger partial charge in [0.25, 0.3) is 5.91 Å². The van der Waals surface area contributed by atoms with E-state index in [-0.39, 0.29) is 11.8 Å². The number of amides is 2. The SMILES string of the molecule is CC(NC(=O)c1cccs1)C(=O)NCCC12CC3CC(CC(C3)C1)C2. The van der Waals surface area contributed by atoms with Crippen LogP contribution in [0.3, 0.4) is 0 Å². The lowest BCUT2D eigenvalue weighted by atomic mass is 9.49. The number of rotatable bonds is 6. The van der Waals surface area contributed by atoms with E-state index in [0.717, 1.165) is 30.7 Å². The lowest BCUT2D eigenvalue weighted by Gasteiger charge is -2.57. The zero-order valence-corrected chi connectivity index (χ0v) is 15.7. The van der Waals surface area contributed by atoms with Gasteiger partial charge in [0.15, 0.2) is 0 Å². The molecular weight excluding hydrogens is 332 g/mol. The van der Waals surface area contributed by atoms with E-state index in [1.54, 1.807) is 13.0 Å². The van der Waals surface area contributed by atoms with Crippen LogP contribution < -0.4 is 10.6 Å². The summed E-state index contributed by atoms with van der Waals surface area (Å²) in [5.74, 6) is 2.61. The summed E-state index contributed by atoms with van der Waals surface area (Å²) in [6, 6.07) is 3.12. The predicted molar refractivity (Wildman–Crippen MR) is 99.5 cm³/mol. The summed E-state index contributed by atoms with van der Waals surface area (Å²) in [6.07, 6.45) is 9.60. The maximum absolute atomic E-state index is 12.3. The summed E-state index contributed by atoms with van der Waals surface area (Å²) in [5, 5.41) is 7.71. The van der Waals surface area contributed by atoms with Crippen LogP contribution in [0.25, 0.3) is 0 Å². The number of carbonyl (C=O) groups is 2. The van der Waals surface area contributed by atoms with Crippen LogP contribution in [0.15, 0.2) is 17.5 Å². The molecule has 1 heterocycles. The van der Waals surface area contributed by atoms with Crippen LogP contribution in [0.1, 0.15) is 61.5 Å². The smallest absolute Gasteiger partial charge is 0.261 e. The highest BCUT2D eigenvalue weighted by Gasteiger charge is 2.50. The van der Waals surface area contributed by atoms with Crippen LogP contribution in [0.2, 0.25) is 0 Å². The van der Waals surface area contributed by atoms with Gasteiger partial charge in [-0.05, 0) is 86.5 Å². The fourth-order valence-corrected chi connectivity index (χ4v) is 6.57. The van der Waals surface area contributed by atoms with Gasteiger partial charge in [0.05, 0.1) is 4.88 Å². The number of thiophene rings is 1. The largest absolute Gasteiger partial charge is 0.354 e. The molecule has 136 valence electrons. The molecule has 5 rings (SSSR count). The summed E-state index contributed by atoms with van der Waals surface area (Å²) in [5.41, 5.74) is 0.492. The lowest BCUT2D eigenvalue weighted by Crippen LogP contribution is -2.49. The van der Waals surface area contributed by atoms with E-state index in [9.17, 15) is 9.59 Å². The van der Waals surface area contributed by atoms with Gasteiger partial charge in [-0.2, -0.15) is 0 Å². The molecule has 0 spiro atoms. The Morgan fingerprint density at radius 1 is 1.20 bits per heavy atom. The van der Waals surface area contributed by atoms with Gasteiger partial charge in [-0.1, -0.05) is 6.07 Å². The van der Waals surface area contributed by atoms with Crippen molar-refractivity contribution in [2.75, 3.05) is 6.54 Å². The Balaban J connectivity index is 1.24. The van der Waals surface area contributed by atoms with Gasteiger partial charge in [-0.15, -0.1) is 11.3 Å². The second kappa shape index (κ2) is 6.75. The molecule has 0 aliphatic heterocycles. The van der Waals surface area contributed by atoms with E-state index in [2.05, 4.69) is 10.6 Å². The van der Waals surface area contributed by atoms with E-state index in [1.807, 2.05) is 11.4 Å². The topological polar surface area (TPSA) is 58.2 Å². The average molecular weight is 361 g/mol. The van der Waals surface area contributed by atoms with E-state index >= 15 is 0 Å². The molecule has 1 aromatic rings. The number of nitrogens with one attached hydrogen (secondary N) is 2. The molecule has 4 bridgehead atoms. The Hall–Kier alpha value is -1.36. The zero-order chi connectivity index (χ0) is 17.4. The molecule has 25 heavy (non-hydrogen) atoms. The van der Waals surface area contributed by atoms with Crippen LogP contribution in [0.4, 0.5) is 0 Å². The Morgan fingerprint density at radius 3 is 2.40 bits per heavy atom. The second-order valence-electron chi connectivity index (χ2n) is 8.63. The third kappa shape index (κ3) is 3.62. The van der Waals surface area contributed by atoms with Gasteiger partial charge in [-0.3, -0.25) is 9.59 Å². The average Bonchev–Trinajstić information content (AvgIpc) is 3.07. The maximum atomic E-state index is 12.3. The molecule has 0 aromatic carbocycles. The van der Waals surface area contributed by atoms with Crippen molar-refractivity contribution in [1.29, 1.82) is 0 Å². The molecule has 4 nitrogen and oxygen atoms in total. The summed E-state index contributed by atoms with van der Waals surface area (Å²) in [4.78, 5) is 25.0. The second-order valence-corrected chi connectivity index (χ2v) is 9.58. The molecule has 4 saturated carbocycles. The minimum atomic E-state index is -0.494. The van der Waals surface area contributed by atoms with Crippen molar-refractivity contribution in [2.45, 2.75) is 57.9 Å². The Labute approximate surface area is 153 Å². The predicted octanol–water partition coefficient (Wildman–Crippen LogP) is 3.59. The van der Waals surface area contributed by atoms with Crippen LogP contribution in [-0.4, -0.2) is 24.4 Å². The van der Waals surface area contributed by atoms with Crippen molar-refractivity contribution < 1.29 is 9.59 Å². The van der Waals surface area contributed by atoms with E-state index < -0.39 is 6.04 Å². The first-order valence-corrected chi connectivity index (χ1v) is 10.5. The number of hydrogen-bond donors (Lipinski definition) is 2. The summed E-state index contributed by atoms with van der Waals surface area (Å²) >= 11 is 1.39. The van der Waals surface area contributed by atoms with Crippen LogP contribution >= 0.6 is 11.3 Å². The van der Waals surface area contributed by atoms with Gasteiger partial charge >= 0.3 is 0 Å². The van der Waals surface area contributed by atoms with Crippen LogP contribution in [0, 0.1) is 23.2 Å². The molecule has 1 unspecified atom stereocenters. The van der Waals surface area contributed by atoms with Gasteiger partial charge in [0.2, 0.25) is 5.91 Å². The maximum Gasteiger partial charge on any atom is 0.261 e. The number of carbonyl (C=O) groups excluding carboxylic acids is 2. The van der Waals surface area contributed by atoms with Crippen molar-refractivity contribution in [1.82, 2.24) is 10.6 Å². The first-order chi connectivity index (χ1) is 12.0. The standard InChI is InChI=1S/C20H28N2O2S/c1-13(22-19(24)17-3-2-6-25-17)18(23)21-5-4-20-10-14-7-15(11-20)9-16(8-14)12-20/h2-3,6,13-16H,4-5,7-12H2,1H3,(H,21,23)(H,22,24). The normalized spacial score (nSPS) is 33.9. The monoisotopic (exact) mass is 360 g/mol. The van der Waals surface area contributed by atoms with E-state index in [0.29, 0.717) is 10.3 Å². The third-order valence-corrected chi connectivity index (χ3v) is 7.47. The molecular formula is C20H28N2O2S. The van der Waals surface area contributed by atoms with E-state index in [4.69, 9.17) is 0 Å². The van der Waals surface area contributed by atoms with Crippen molar-refractivity contribution >= 4 is 23.2 Å². The van der Waals surface area contributed by atoms with E-state index in [1.165, 1.54) is 49.9 Å². The molecule has 5 heteroatoms. The molecule has 4 aliphatic rings. The summed E-state index contributed by atoms with van der Waals surface area (Å²) < 4.78 is 0. The molecule has 0 saturated heterocycles. The van der Waals surface area contributed by atoms with Gasteiger partial charge in [0, 0.05) is 6.54 Å². The zero-order valence-electron chi connectivity index (χ0n) is 14.9. The first-order valence-electron chi connectivity index (χ1n) is 9.65. The minimum absolute atomic E-state index is 0.0744. The molecule has 2 N–H and O–H groups in total. The van der Waals surface area contributed by atoms with Crippen molar-refractivity contribution in [3.63, 3.8) is 0 Å². The highest BCUT2D eigenvalue weighted by Crippen LogP contribution is 2.61. The summed E-state index contributed by atoms with van der Waals surface area (Å²) in [6.45, 7) is 2.50. The molecule has 1 aromatic heterocycles. The molecule has 2 amide bonds. The van der Waals surface area contributed by atoms with Crippen LogP contribution in [-0.2, 0) is 4.79 Å². The Morgan fingerprint density at radius 2 is 1.84 bits per heavy atom. The molecule has 0 radical (unpaired) electrons. The van der Waals surface area contributed by atoms with Crippen molar-refractivity contribution in [3.05, 3.63) is 22.4 Å². The summed E-state index contributed by atoms with van der Waals surface area (Å²) in [7, 11) is 0. The van der Waals surface area contributed by atoms with Crippen LogP contribution in [0.5, 0.6) is 0 Å². The van der Waals surface area contributed by atoms with Gasteiger partial charge in [0.1, 0.15) is 6.04 Å². The molecule has 4 aliphatic carbocycles.